The molecule has 0 spiro atoms. The van der Waals surface area contributed by atoms with Gasteiger partial charge in [-0.3, -0.25) is 33.6 Å². The summed E-state index contributed by atoms with van der Waals surface area (Å²) in [5.74, 6) is 5.37. The summed E-state index contributed by atoms with van der Waals surface area (Å²) in [6.45, 7) is 54.4. The lowest BCUT2D eigenvalue weighted by molar-refractivity contribution is -0.139. The number of thiophene rings is 5. The summed E-state index contributed by atoms with van der Waals surface area (Å²) in [5, 5.41) is 13.2. The highest BCUT2D eigenvalue weighted by molar-refractivity contribution is 7.81. The van der Waals surface area contributed by atoms with Gasteiger partial charge in [-0.2, -0.15) is 17.7 Å². The highest BCUT2D eigenvalue weighted by Gasteiger charge is 2.39. The number of carboxylic acids is 1. The monoisotopic (exact) mass is 1630 g/mol. The molecule has 0 aromatic carbocycles. The summed E-state index contributed by atoms with van der Waals surface area (Å²) in [5.41, 5.74) is 11.0. The van der Waals surface area contributed by atoms with Crippen LogP contribution in [0.1, 0.15) is 341 Å². The molecule has 0 aliphatic heterocycles. The number of nitrogens with two attached hydrogens (primary N) is 1. The van der Waals surface area contributed by atoms with Crippen LogP contribution in [-0.4, -0.2) is 83.9 Å². The van der Waals surface area contributed by atoms with Crippen molar-refractivity contribution in [1.29, 1.82) is 0 Å². The number of hydrazone groups is 1. The Kier molecular flexibility index (Phi) is 32.7. The van der Waals surface area contributed by atoms with Crippen molar-refractivity contribution >= 4 is 141 Å². The molecule has 7 aliphatic carbocycles. The molecule has 5 heterocycles. The van der Waals surface area contributed by atoms with E-state index < -0.39 is 5.97 Å². The number of fused-ring (bicyclic) bond motifs is 5. The minimum absolute atomic E-state index is 0.00190. The first-order valence-electron chi connectivity index (χ1n) is 38.3. The van der Waals surface area contributed by atoms with Gasteiger partial charge >= 0.3 is 17.9 Å². The van der Waals surface area contributed by atoms with Crippen molar-refractivity contribution in [3.05, 3.63) is 117 Å². The van der Waals surface area contributed by atoms with Crippen molar-refractivity contribution in [2.45, 2.75) is 289 Å². The van der Waals surface area contributed by atoms with Gasteiger partial charge in [0.2, 0.25) is 0 Å². The number of carbonyl (C=O) groups is 9. The molecule has 0 atom stereocenters. The normalized spacial score (nSPS) is 18.4. The highest BCUT2D eigenvalue weighted by Crippen LogP contribution is 2.48. The first-order chi connectivity index (χ1) is 49.9. The van der Waals surface area contributed by atoms with Crippen LogP contribution in [0.15, 0.2) is 33.9 Å². The second-order valence-electron chi connectivity index (χ2n) is 39.6. The Bertz CT molecular complexity index is 4090. The maximum Gasteiger partial charge on any atom is 0.348 e. The number of nitrogens with zero attached hydrogens (tertiary/aromatic N) is 1. The number of hydrogen-bond donors (Lipinski definition) is 3. The van der Waals surface area contributed by atoms with E-state index in [1.165, 1.54) is 58.0 Å². The molecule has 1 fully saturated rings. The summed E-state index contributed by atoms with van der Waals surface area (Å²) in [6.07, 6.45) is 19.9. The lowest BCUT2D eigenvalue weighted by Gasteiger charge is -2.18. The van der Waals surface area contributed by atoms with E-state index in [0.717, 1.165) is 145 Å². The number of Topliss-reactive ketones (excluding diaryl/α,β-unsaturated/α-hetero) is 4. The number of rotatable bonds is 14. The van der Waals surface area contributed by atoms with E-state index in [4.69, 9.17) is 27.3 Å². The Morgan fingerprint density at radius 1 is 0.495 bits per heavy atom. The van der Waals surface area contributed by atoms with Crippen molar-refractivity contribution in [2.24, 2.45) is 65.1 Å². The van der Waals surface area contributed by atoms with E-state index in [1.54, 1.807) is 58.5 Å². The zero-order valence-corrected chi connectivity index (χ0v) is 75.9. The molecule has 12 rings (SSSR count). The van der Waals surface area contributed by atoms with Crippen molar-refractivity contribution in [3.8, 4) is 0 Å². The average molecular weight is 1630 g/mol. The van der Waals surface area contributed by atoms with E-state index >= 15 is 0 Å². The van der Waals surface area contributed by atoms with Gasteiger partial charge in [-0.25, -0.2) is 9.59 Å². The minimum Gasteiger partial charge on any atom is -0.477 e. The average Bonchev–Trinajstić information content (AvgIpc) is 1.59. The second kappa shape index (κ2) is 37.8. The third-order valence-corrected chi connectivity index (χ3v) is 26.1. The molecule has 21 heteroatoms. The van der Waals surface area contributed by atoms with Crippen LogP contribution in [-0.2, 0) is 88.1 Å². The molecule has 0 radical (unpaired) electrons. The number of allylic oxidation sites excluding steroid dienone is 2. The first kappa shape index (κ1) is 94.4. The number of aldehydes is 2. The van der Waals surface area contributed by atoms with Crippen molar-refractivity contribution < 1.29 is 57.7 Å². The van der Waals surface area contributed by atoms with Gasteiger partial charge < -0.3 is 20.4 Å². The molecule has 5 aromatic rings. The van der Waals surface area contributed by atoms with E-state index in [-0.39, 0.29) is 61.7 Å². The quantitative estimate of drug-likeness (QED) is 0.0179. The number of ether oxygens (including phenoxy) is 2. The standard InChI is InChI=1S/C16H24N2OS.C16H22O2S.C15H22OS.C12H16O2S.C10H12O2S.C8H11ClO.C7H12O.C4H8O2S/c1-15(2,3)7-12(19)14-11(9-18-17)10-6-16(4,5)8-13(10)20-14;1-15(2,3)7-12(18)14-11(9-17)10-6-16(4,5)8-13(10)19-14;1-14(2,3)8-11(16)12-6-10-7-15(4,5)9-13(10)17-12;1-4-14-11(13)9-5-8-6-12(2,3)7-10(8)15-9;1-10(2)4-6-3-7(9(11)12)13-8(6)5-10;1-8(2)3-6(5-10)7(9)4-8;1-7(2)4-3-6(8)5-7;1-2-6-4(5)3-7/h9H,6-8,17H2,1-5H3;9H,6-8H2,1-5H3;6H,7-9H2,1-5H3;5H,4,6-7H2,1-3H3;3H,4-5H2,1-2H3,(H,11,12);5H,3-4H2,1-2H3;3-5H2,1-2H3;7H,2-3H2,1H3/b18-9+;;;;;;;. The largest absolute Gasteiger partial charge is 0.477 e. The molecule has 109 heavy (non-hydrogen) atoms. The Balaban J connectivity index is 0.000000228. The van der Waals surface area contributed by atoms with Crippen LogP contribution >= 0.6 is 80.9 Å². The van der Waals surface area contributed by atoms with E-state index in [0.29, 0.717) is 81.0 Å². The van der Waals surface area contributed by atoms with E-state index in [1.807, 2.05) is 19.1 Å². The molecule has 7 aliphatic rings. The summed E-state index contributed by atoms with van der Waals surface area (Å²) >= 11 is 17.4. The maximum atomic E-state index is 12.5. The van der Waals surface area contributed by atoms with Gasteiger partial charge in [0.1, 0.15) is 21.8 Å². The molecule has 0 amide bonds. The third-order valence-electron chi connectivity index (χ3n) is 19.3. The van der Waals surface area contributed by atoms with Gasteiger partial charge in [0.15, 0.2) is 23.6 Å². The summed E-state index contributed by atoms with van der Waals surface area (Å²) < 4.78 is 9.46. The van der Waals surface area contributed by atoms with Gasteiger partial charge in [-0.1, -0.05) is 171 Å². The predicted octanol–water partition coefficient (Wildman–Crippen LogP) is 22.9. The summed E-state index contributed by atoms with van der Waals surface area (Å²) in [4.78, 5) is 112. The van der Waals surface area contributed by atoms with Crippen molar-refractivity contribution in [3.63, 3.8) is 0 Å². The Labute approximate surface area is 682 Å². The topological polar surface area (TPSA) is 231 Å². The first-order valence-corrected chi connectivity index (χ1v) is 43.4. The molecule has 1 saturated carbocycles. The van der Waals surface area contributed by atoms with Gasteiger partial charge in [0.05, 0.1) is 39.8 Å². The van der Waals surface area contributed by atoms with E-state index in [9.17, 15) is 43.2 Å². The van der Waals surface area contributed by atoms with Crippen LogP contribution in [0.25, 0.3) is 0 Å². The fourth-order valence-electron chi connectivity index (χ4n) is 14.7. The minimum atomic E-state index is -0.794. The number of carboxylic acid groups (broad SMARTS) is 1. The lowest BCUT2D eigenvalue weighted by Crippen LogP contribution is -2.15. The molecule has 3 N–H and O–H groups in total. The van der Waals surface area contributed by atoms with Crippen LogP contribution in [0.4, 0.5) is 0 Å². The maximum absolute atomic E-state index is 12.5. The smallest absolute Gasteiger partial charge is 0.348 e. The SMILES string of the molecule is CC(C)(C)CC(=O)c1cc2c(s1)CC(C)(C)C2.CC(C)(C)CC(=O)c1sc2c(c1/C=N/N)CC(C)(C)C2.CC(C)(C)CC(=O)c1sc2c(c1C=O)CC(C)(C)C2.CC1(C)CC(Cl)=C(C=O)C1.CC1(C)CCC(=O)C1.CC1(C)Cc2cc(C(=O)O)sc2C1.CCOC(=O)CS.CCOC(=O)c1cc2c(s1)CC(C)(C)C2. The number of ketones is 4. The van der Waals surface area contributed by atoms with Crippen LogP contribution in [0, 0.1) is 54.1 Å². The molecular formula is C88H127ClN2O12S6. The number of esters is 2. The number of thiol groups is 1. The third kappa shape index (κ3) is 29.6. The second-order valence-corrected chi connectivity index (χ2v) is 46.0. The van der Waals surface area contributed by atoms with Crippen LogP contribution in [0.3, 0.4) is 0 Å². The van der Waals surface area contributed by atoms with Crippen molar-refractivity contribution in [2.75, 3.05) is 19.0 Å². The fourth-order valence-corrected chi connectivity index (χ4v) is 22.2. The van der Waals surface area contributed by atoms with Gasteiger partial charge in [-0.05, 0) is 197 Å². The number of carbonyl (C=O) groups excluding carboxylic acids is 8. The van der Waals surface area contributed by atoms with E-state index in [2.05, 4.69) is 188 Å². The number of aromatic carboxylic acids is 1. The summed E-state index contributed by atoms with van der Waals surface area (Å²) in [7, 11) is 0. The van der Waals surface area contributed by atoms with Crippen LogP contribution < -0.4 is 5.84 Å². The molecule has 604 valence electrons. The zero-order chi connectivity index (χ0) is 82.8. The highest BCUT2D eigenvalue weighted by atomic mass is 35.5. The van der Waals surface area contributed by atoms with Gasteiger partial charge in [0.25, 0.3) is 0 Å². The van der Waals surface area contributed by atoms with Gasteiger partial charge in [0, 0.05) is 78.2 Å². The molecule has 0 saturated heterocycles. The number of halogens is 1. The molecule has 0 unspecified atom stereocenters. The number of hydrogen-bond acceptors (Lipinski definition) is 19. The van der Waals surface area contributed by atoms with Crippen LogP contribution in [0.2, 0.25) is 0 Å². The summed E-state index contributed by atoms with van der Waals surface area (Å²) in [6, 6.07) is 5.98. The predicted molar refractivity (Wildman–Crippen MR) is 458 cm³/mol. The lowest BCUT2D eigenvalue weighted by atomic mass is 9.88. The molecule has 0 bridgehead atoms. The molecular weight excluding hydrogens is 1500 g/mol. The zero-order valence-electron chi connectivity index (χ0n) is 70.1. The van der Waals surface area contributed by atoms with Gasteiger partial charge in [-0.15, -0.1) is 56.7 Å². The van der Waals surface area contributed by atoms with Crippen LogP contribution in [0.5, 0.6) is 0 Å². The molecule has 14 nitrogen and oxygen atoms in total. The van der Waals surface area contributed by atoms with Crippen molar-refractivity contribution in [1.82, 2.24) is 0 Å². The Morgan fingerprint density at radius 2 is 0.872 bits per heavy atom. The fraction of sp³-hybridized carbons (Fsp3) is 0.636. The Morgan fingerprint density at radius 3 is 1.19 bits per heavy atom. The molecule has 5 aromatic heterocycles. The Hall–Kier alpha value is -5.22.